The zero-order chi connectivity index (χ0) is 4.83. The quantitative estimate of drug-likeness (QED) is 0.406. The van der Waals surface area contributed by atoms with Crippen molar-refractivity contribution < 1.29 is 0 Å². The van der Waals surface area contributed by atoms with Crippen molar-refractivity contribution in [2.24, 2.45) is 0 Å². The second-order valence-electron chi connectivity index (χ2n) is 0.860. The molecule has 0 saturated carbocycles. The molecule has 4 heteroatoms. The monoisotopic (exact) mass is 334 g/mol. The van der Waals surface area contributed by atoms with E-state index in [0.717, 1.165) is 0 Å². The van der Waals surface area contributed by atoms with E-state index in [0.29, 0.717) is 25.3 Å². The van der Waals surface area contributed by atoms with E-state index >= 15 is 0 Å². The molecule has 4 unspecified atom stereocenters. The van der Waals surface area contributed by atoms with Crippen molar-refractivity contribution in [2.45, 2.75) is 10.4 Å². The maximum atomic E-state index is 2.05. The van der Waals surface area contributed by atoms with Crippen LogP contribution in [-0.4, -0.2) is 56.9 Å². The molecule has 0 radical (unpaired) electrons. The first-order chi connectivity index (χ1) is 2.91. The third-order valence-corrected chi connectivity index (χ3v) is 21.6. The van der Waals surface area contributed by atoms with Gasteiger partial charge in [0.2, 0.25) is 0 Å². The zero-order valence-corrected chi connectivity index (χ0v) is 12.6. The standard InChI is InChI=1S/C2H10As4/c3-1-2-5-6-4/h5-6H,1-4H2. The van der Waals surface area contributed by atoms with Crippen LogP contribution in [0.5, 0.6) is 0 Å². The van der Waals surface area contributed by atoms with Crippen molar-refractivity contribution in [3.63, 3.8) is 0 Å². The normalized spacial score (nSPS) is 13.0. The molecule has 0 aromatic rings. The predicted molar refractivity (Wildman–Crippen MR) is 41.0 cm³/mol. The van der Waals surface area contributed by atoms with E-state index < -0.39 is 0 Å². The SMILES string of the molecule is [AsH2]CC[AsH][AsH][AsH2]. The Hall–Kier alpha value is 2.23. The summed E-state index contributed by atoms with van der Waals surface area (Å²) in [5.41, 5.74) is 0. The molecule has 0 rings (SSSR count). The molecule has 0 fully saturated rings. The zero-order valence-electron chi connectivity index (χ0n) is 3.57. The van der Waals surface area contributed by atoms with Gasteiger partial charge in [-0.15, -0.1) is 0 Å². The first-order valence-corrected chi connectivity index (χ1v) is 19.0. The van der Waals surface area contributed by atoms with E-state index in [1.54, 1.807) is 5.21 Å². The van der Waals surface area contributed by atoms with Crippen LogP contribution >= 0.6 is 0 Å². The Morgan fingerprint density at radius 3 is 2.33 bits per heavy atom. The number of hydrogen-bond donors (Lipinski definition) is 0. The van der Waals surface area contributed by atoms with Crippen LogP contribution in [0.4, 0.5) is 0 Å². The summed E-state index contributed by atoms with van der Waals surface area (Å²) >= 11 is 5.35. The predicted octanol–water partition coefficient (Wildman–Crippen LogP) is -2.21. The van der Waals surface area contributed by atoms with Gasteiger partial charge in [0.15, 0.2) is 0 Å². The van der Waals surface area contributed by atoms with E-state index in [1.807, 2.05) is 31.6 Å². The van der Waals surface area contributed by atoms with Crippen molar-refractivity contribution in [2.75, 3.05) is 0 Å². The Bertz CT molecular complexity index is 17.5. The minimum absolute atomic E-state index is 0.689. The summed E-state index contributed by atoms with van der Waals surface area (Å²) in [6.45, 7) is 0. The van der Waals surface area contributed by atoms with Crippen LogP contribution in [0.2, 0.25) is 10.4 Å². The average molecular weight is 334 g/mol. The summed E-state index contributed by atoms with van der Waals surface area (Å²) in [6, 6.07) is 0. The molecule has 0 amide bonds. The average Bonchev–Trinajstić information content (AvgIpc) is 1.61. The molecule has 0 aromatic heterocycles. The Morgan fingerprint density at radius 1 is 1.50 bits per heavy atom. The van der Waals surface area contributed by atoms with E-state index in [9.17, 15) is 0 Å². The second-order valence-corrected chi connectivity index (χ2v) is 27.8. The molecule has 0 spiro atoms. The van der Waals surface area contributed by atoms with Gasteiger partial charge in [-0.3, -0.25) is 0 Å². The van der Waals surface area contributed by atoms with Crippen LogP contribution in [0.25, 0.3) is 0 Å². The summed E-state index contributed by atoms with van der Waals surface area (Å²) in [7, 11) is 0. The topological polar surface area (TPSA) is 0 Å². The fourth-order valence-corrected chi connectivity index (χ4v) is 20.2. The van der Waals surface area contributed by atoms with E-state index in [4.69, 9.17) is 0 Å². The second kappa shape index (κ2) is 7.23. The number of hydrogen-bond acceptors (Lipinski definition) is 0. The summed E-state index contributed by atoms with van der Waals surface area (Å²) < 4.78 is 0. The van der Waals surface area contributed by atoms with E-state index in [-0.39, 0.29) is 0 Å². The van der Waals surface area contributed by atoms with Crippen LogP contribution in [-0.2, 0) is 0 Å². The third kappa shape index (κ3) is 6.23. The molecule has 6 heavy (non-hydrogen) atoms. The molecule has 4 atom stereocenters. The Balaban J connectivity index is 2.34. The Morgan fingerprint density at radius 2 is 2.17 bits per heavy atom. The maximum absolute atomic E-state index is 2.05. The van der Waals surface area contributed by atoms with Crippen LogP contribution < -0.4 is 0 Å². The van der Waals surface area contributed by atoms with Gasteiger partial charge >= 0.3 is 67.4 Å². The van der Waals surface area contributed by atoms with Crippen LogP contribution in [0.1, 0.15) is 0 Å². The molecule has 0 aliphatic carbocycles. The van der Waals surface area contributed by atoms with Gasteiger partial charge in [-0.25, -0.2) is 0 Å². The minimum atomic E-state index is 0.689. The summed E-state index contributed by atoms with van der Waals surface area (Å²) in [6.07, 6.45) is 0. The molecule has 0 heterocycles. The van der Waals surface area contributed by atoms with Gasteiger partial charge in [-0.2, -0.15) is 0 Å². The molecule has 0 aromatic carbocycles. The van der Waals surface area contributed by atoms with Crippen molar-refractivity contribution in [3.05, 3.63) is 0 Å². The molecule has 0 nitrogen and oxygen atoms in total. The summed E-state index contributed by atoms with van der Waals surface area (Å²) in [4.78, 5) is 0. The fraction of sp³-hybridized carbons (Fsp3) is 1.00. The van der Waals surface area contributed by atoms with Crippen molar-refractivity contribution in [1.29, 1.82) is 0 Å². The number of rotatable bonds is 3. The molecule has 0 bridgehead atoms. The van der Waals surface area contributed by atoms with E-state index in [2.05, 4.69) is 0 Å². The summed E-state index contributed by atoms with van der Waals surface area (Å²) in [5.74, 6) is 0. The van der Waals surface area contributed by atoms with Crippen molar-refractivity contribution in [3.8, 4) is 0 Å². The molecular weight excluding hydrogens is 324 g/mol. The first-order valence-electron chi connectivity index (χ1n) is 1.80. The van der Waals surface area contributed by atoms with E-state index in [1.165, 1.54) is 5.21 Å². The van der Waals surface area contributed by atoms with Crippen molar-refractivity contribution >= 4 is 56.9 Å². The van der Waals surface area contributed by atoms with Gasteiger partial charge in [0.05, 0.1) is 0 Å². The van der Waals surface area contributed by atoms with Crippen LogP contribution in [0, 0.1) is 0 Å². The molecule has 0 N–H and O–H groups in total. The van der Waals surface area contributed by atoms with Crippen LogP contribution in [0.3, 0.4) is 0 Å². The van der Waals surface area contributed by atoms with Gasteiger partial charge in [-0.1, -0.05) is 0 Å². The molecule has 0 aliphatic rings. The van der Waals surface area contributed by atoms with Gasteiger partial charge in [0, 0.05) is 0 Å². The molecule has 38 valence electrons. The Kier molecular flexibility index (Phi) is 9.93. The van der Waals surface area contributed by atoms with Crippen molar-refractivity contribution in [1.82, 2.24) is 0 Å². The van der Waals surface area contributed by atoms with Gasteiger partial charge < -0.3 is 0 Å². The van der Waals surface area contributed by atoms with Gasteiger partial charge in [0.1, 0.15) is 0 Å². The van der Waals surface area contributed by atoms with Crippen LogP contribution in [0.15, 0.2) is 0 Å². The fourth-order valence-electron chi connectivity index (χ4n) is 0.144. The molecule has 0 saturated heterocycles. The summed E-state index contributed by atoms with van der Waals surface area (Å²) in [5, 5.41) is 3.15. The first kappa shape index (κ1) is 8.23. The molecular formula is C2H10As4. The van der Waals surface area contributed by atoms with Gasteiger partial charge in [0.25, 0.3) is 0 Å². The molecule has 0 aliphatic heterocycles. The Labute approximate surface area is 66.6 Å². The van der Waals surface area contributed by atoms with Gasteiger partial charge in [-0.05, 0) is 0 Å². The third-order valence-electron chi connectivity index (χ3n) is 0.371.